The molecule has 98 valence electrons. The Bertz CT molecular complexity index is 461. The molecule has 2 aliphatic carbocycles. The summed E-state index contributed by atoms with van der Waals surface area (Å²) in [6, 6.07) is 0.627. The zero-order valence-electron chi connectivity index (χ0n) is 10.6. The van der Waals surface area contributed by atoms with Crippen molar-refractivity contribution in [2.45, 2.75) is 61.4 Å². The number of nitrogens with two attached hydrogens (primary N) is 1. The van der Waals surface area contributed by atoms with E-state index in [9.17, 15) is 0 Å². The van der Waals surface area contributed by atoms with E-state index in [2.05, 4.69) is 21.7 Å². The lowest BCUT2D eigenvalue weighted by atomic mass is 10.3. The maximum absolute atomic E-state index is 7.35. The minimum absolute atomic E-state index is 0.245. The van der Waals surface area contributed by atoms with Gasteiger partial charge < -0.3 is 10.3 Å². The van der Waals surface area contributed by atoms with Crippen molar-refractivity contribution in [1.82, 2.24) is 14.8 Å². The van der Waals surface area contributed by atoms with E-state index in [1.165, 1.54) is 31.5 Å². The van der Waals surface area contributed by atoms with E-state index in [0.29, 0.717) is 18.4 Å². The van der Waals surface area contributed by atoms with E-state index in [1.54, 1.807) is 11.8 Å². The van der Waals surface area contributed by atoms with Crippen LogP contribution in [0.4, 0.5) is 0 Å². The zero-order valence-corrected chi connectivity index (χ0v) is 11.4. The third-order valence-electron chi connectivity index (χ3n) is 3.36. The van der Waals surface area contributed by atoms with Crippen LogP contribution in [0.15, 0.2) is 5.16 Å². The molecule has 0 bridgehead atoms. The van der Waals surface area contributed by atoms with Gasteiger partial charge in [0.15, 0.2) is 5.16 Å². The highest BCUT2D eigenvalue weighted by Crippen LogP contribution is 2.46. The fraction of sp³-hybridized carbons (Fsp3) is 0.750. The third-order valence-corrected chi connectivity index (χ3v) is 4.42. The van der Waals surface area contributed by atoms with Crippen LogP contribution in [-0.4, -0.2) is 25.9 Å². The Morgan fingerprint density at radius 2 is 2.17 bits per heavy atom. The van der Waals surface area contributed by atoms with Crippen LogP contribution in [0.1, 0.15) is 56.8 Å². The second kappa shape index (κ2) is 4.57. The van der Waals surface area contributed by atoms with Gasteiger partial charge in [0.2, 0.25) is 0 Å². The molecule has 0 spiro atoms. The highest BCUT2D eigenvalue weighted by atomic mass is 32.2. The molecule has 0 saturated heterocycles. The third kappa shape index (κ3) is 2.53. The largest absolute Gasteiger partial charge is 0.388 e. The van der Waals surface area contributed by atoms with E-state index >= 15 is 0 Å². The molecule has 1 heterocycles. The predicted octanol–water partition coefficient (Wildman–Crippen LogP) is 2.30. The summed E-state index contributed by atoms with van der Waals surface area (Å²) in [6.07, 6.45) is 5.65. The lowest BCUT2D eigenvalue weighted by Gasteiger charge is -2.12. The fourth-order valence-electron chi connectivity index (χ4n) is 2.20. The Morgan fingerprint density at radius 1 is 1.44 bits per heavy atom. The van der Waals surface area contributed by atoms with Gasteiger partial charge in [0.05, 0.1) is 5.84 Å². The topological polar surface area (TPSA) is 80.6 Å². The molecule has 1 aromatic rings. The van der Waals surface area contributed by atoms with Crippen molar-refractivity contribution in [3.8, 4) is 0 Å². The van der Waals surface area contributed by atoms with Gasteiger partial charge >= 0.3 is 0 Å². The van der Waals surface area contributed by atoms with Gasteiger partial charge in [-0.1, -0.05) is 18.7 Å². The summed E-state index contributed by atoms with van der Waals surface area (Å²) in [7, 11) is 0. The first-order chi connectivity index (χ1) is 8.65. The van der Waals surface area contributed by atoms with Crippen molar-refractivity contribution >= 4 is 17.6 Å². The number of aromatic nitrogens is 3. The van der Waals surface area contributed by atoms with Gasteiger partial charge in [0.1, 0.15) is 5.82 Å². The molecule has 6 heteroatoms. The monoisotopic (exact) mass is 265 g/mol. The number of nitrogens with one attached hydrogen (secondary N) is 1. The number of thioether (sulfide) groups is 1. The van der Waals surface area contributed by atoms with Gasteiger partial charge in [0.25, 0.3) is 0 Å². The maximum atomic E-state index is 7.35. The second-order valence-electron chi connectivity index (χ2n) is 5.37. The molecule has 3 N–H and O–H groups in total. The SMILES string of the molecule is CC(CC(=N)N)Sc1nnc(C2CC2)n1C1CC1. The molecule has 5 nitrogen and oxygen atoms in total. The Morgan fingerprint density at radius 3 is 2.72 bits per heavy atom. The zero-order chi connectivity index (χ0) is 12.7. The van der Waals surface area contributed by atoms with Crippen LogP contribution in [0.2, 0.25) is 0 Å². The van der Waals surface area contributed by atoms with Gasteiger partial charge in [-0.3, -0.25) is 5.41 Å². The van der Waals surface area contributed by atoms with Crippen molar-refractivity contribution in [3.05, 3.63) is 5.82 Å². The highest BCUT2D eigenvalue weighted by Gasteiger charge is 2.36. The normalized spacial score (nSPS) is 20.9. The molecule has 0 radical (unpaired) electrons. The maximum Gasteiger partial charge on any atom is 0.191 e. The fourth-order valence-corrected chi connectivity index (χ4v) is 3.26. The smallest absolute Gasteiger partial charge is 0.191 e. The molecule has 1 aromatic heterocycles. The summed E-state index contributed by atoms with van der Waals surface area (Å²) in [6.45, 7) is 2.09. The lowest BCUT2D eigenvalue weighted by molar-refractivity contribution is 0.626. The summed E-state index contributed by atoms with van der Waals surface area (Å²) >= 11 is 1.70. The van der Waals surface area contributed by atoms with Crippen molar-refractivity contribution < 1.29 is 0 Å². The summed E-state index contributed by atoms with van der Waals surface area (Å²) in [5.74, 6) is 2.08. The first kappa shape index (κ1) is 12.0. The molecule has 2 aliphatic rings. The first-order valence-corrected chi connectivity index (χ1v) is 7.47. The molecule has 18 heavy (non-hydrogen) atoms. The number of nitrogens with zero attached hydrogens (tertiary/aromatic N) is 3. The molecular formula is C12H19N5S. The Labute approximate surface area is 111 Å². The van der Waals surface area contributed by atoms with Crippen LogP contribution < -0.4 is 5.73 Å². The van der Waals surface area contributed by atoms with Gasteiger partial charge in [-0.25, -0.2) is 0 Å². The van der Waals surface area contributed by atoms with Gasteiger partial charge in [0, 0.05) is 23.6 Å². The minimum Gasteiger partial charge on any atom is -0.388 e. The van der Waals surface area contributed by atoms with Crippen molar-refractivity contribution in [3.63, 3.8) is 0 Å². The second-order valence-corrected chi connectivity index (χ2v) is 6.78. The van der Waals surface area contributed by atoms with Crippen molar-refractivity contribution in [1.29, 1.82) is 5.41 Å². The number of rotatable bonds is 6. The van der Waals surface area contributed by atoms with Crippen LogP contribution in [0.5, 0.6) is 0 Å². The summed E-state index contributed by atoms with van der Waals surface area (Å²) in [5, 5.41) is 17.4. The van der Waals surface area contributed by atoms with Crippen LogP contribution in [0.3, 0.4) is 0 Å². The van der Waals surface area contributed by atoms with Crippen LogP contribution in [-0.2, 0) is 0 Å². The molecule has 0 amide bonds. The van der Waals surface area contributed by atoms with E-state index < -0.39 is 0 Å². The van der Waals surface area contributed by atoms with E-state index in [4.69, 9.17) is 11.1 Å². The summed E-state index contributed by atoms with van der Waals surface area (Å²) in [4.78, 5) is 0. The Kier molecular flexibility index (Phi) is 3.05. The molecule has 1 unspecified atom stereocenters. The van der Waals surface area contributed by atoms with Gasteiger partial charge in [-0.05, 0) is 25.7 Å². The number of hydrogen-bond acceptors (Lipinski definition) is 4. The molecule has 1 atom stereocenters. The summed E-state index contributed by atoms with van der Waals surface area (Å²) in [5.41, 5.74) is 5.45. The van der Waals surface area contributed by atoms with Gasteiger partial charge in [-0.15, -0.1) is 10.2 Å². The van der Waals surface area contributed by atoms with Crippen LogP contribution >= 0.6 is 11.8 Å². The molecule has 2 fully saturated rings. The first-order valence-electron chi connectivity index (χ1n) is 6.59. The number of hydrogen-bond donors (Lipinski definition) is 2. The summed E-state index contributed by atoms with van der Waals surface area (Å²) < 4.78 is 2.35. The Balaban J connectivity index is 1.76. The Hall–Kier alpha value is -1.04. The lowest BCUT2D eigenvalue weighted by Crippen LogP contribution is -2.15. The molecular weight excluding hydrogens is 246 g/mol. The number of amidine groups is 1. The average molecular weight is 265 g/mol. The van der Waals surface area contributed by atoms with E-state index in [1.807, 2.05) is 0 Å². The molecule has 2 saturated carbocycles. The van der Waals surface area contributed by atoms with Crippen molar-refractivity contribution in [2.24, 2.45) is 5.73 Å². The van der Waals surface area contributed by atoms with Crippen molar-refractivity contribution in [2.75, 3.05) is 0 Å². The minimum atomic E-state index is 0.245. The average Bonchev–Trinajstić information content (AvgIpc) is 3.18. The standard InChI is InChI=1S/C12H19N5S/c1-7(6-10(13)14)18-12-16-15-11(8-2-3-8)17(12)9-4-5-9/h7-9H,2-6H2,1H3,(H3,13,14). The molecule has 3 rings (SSSR count). The molecule has 0 aliphatic heterocycles. The van der Waals surface area contributed by atoms with E-state index in [0.717, 1.165) is 5.16 Å². The van der Waals surface area contributed by atoms with Crippen LogP contribution in [0.25, 0.3) is 0 Å². The predicted molar refractivity (Wildman–Crippen MR) is 72.1 cm³/mol. The van der Waals surface area contributed by atoms with E-state index in [-0.39, 0.29) is 11.1 Å². The highest BCUT2D eigenvalue weighted by molar-refractivity contribution is 7.99. The quantitative estimate of drug-likeness (QED) is 0.470. The van der Waals surface area contributed by atoms with Gasteiger partial charge in [-0.2, -0.15) is 0 Å². The van der Waals surface area contributed by atoms with Crippen LogP contribution in [0, 0.1) is 5.41 Å². The molecule has 0 aromatic carbocycles.